The van der Waals surface area contributed by atoms with Gasteiger partial charge in [0.15, 0.2) is 0 Å². The Hall–Kier alpha value is -1.85. The maximum absolute atomic E-state index is 11.2. The molecule has 2 aromatic rings. The number of nitrogens with zero attached hydrogens (tertiary/aromatic N) is 1. The topological polar surface area (TPSA) is 55.2 Å². The summed E-state index contributed by atoms with van der Waals surface area (Å²) in [5.41, 5.74) is 2.93. The highest BCUT2D eigenvalue weighted by Crippen LogP contribution is 2.53. The molecule has 0 fully saturated rings. The van der Waals surface area contributed by atoms with E-state index in [0.717, 1.165) is 22.1 Å². The molecule has 0 amide bonds. The maximum atomic E-state index is 11.2. The third-order valence-corrected chi connectivity index (χ3v) is 5.88. The number of nitro benzene ring substituents is 1. The van der Waals surface area contributed by atoms with E-state index in [1.165, 1.54) is 11.6 Å². The van der Waals surface area contributed by atoms with Crippen LogP contribution in [0.4, 0.5) is 11.4 Å². The first-order valence-electron chi connectivity index (χ1n) is 7.71. The molecule has 0 spiro atoms. The second-order valence-corrected chi connectivity index (χ2v) is 7.41. The van der Waals surface area contributed by atoms with Gasteiger partial charge in [-0.2, -0.15) is 0 Å². The minimum absolute atomic E-state index is 0.0407. The normalized spacial score (nSPS) is 24.2. The summed E-state index contributed by atoms with van der Waals surface area (Å²) in [5, 5.41) is 15.1. The van der Waals surface area contributed by atoms with Crippen LogP contribution in [0.1, 0.15) is 29.5 Å². The Labute approximate surface area is 152 Å². The molecule has 2 aromatic carbocycles. The first-order valence-corrected chi connectivity index (χ1v) is 8.89. The van der Waals surface area contributed by atoms with E-state index < -0.39 is 0 Å². The molecule has 6 heteroatoms. The number of fused-ring (bicyclic) bond motifs is 3. The molecule has 1 heterocycles. The van der Waals surface area contributed by atoms with E-state index >= 15 is 0 Å². The van der Waals surface area contributed by atoms with Crippen LogP contribution in [0.15, 0.2) is 53.0 Å². The molecule has 122 valence electrons. The second-order valence-electron chi connectivity index (χ2n) is 6.15. The fourth-order valence-electron chi connectivity index (χ4n) is 3.78. The molecule has 0 saturated carbocycles. The fourth-order valence-corrected chi connectivity index (χ4v) is 4.59. The molecule has 0 aromatic heterocycles. The predicted octanol–water partition coefficient (Wildman–Crippen LogP) is 5.84. The van der Waals surface area contributed by atoms with Gasteiger partial charge in [0, 0.05) is 22.5 Å². The molecule has 4 nitrogen and oxygen atoms in total. The van der Waals surface area contributed by atoms with Gasteiger partial charge in [0.05, 0.1) is 21.7 Å². The SMILES string of the molecule is O=[N+]([O-])c1cc(Cl)c2c(c1)[C@@H]1C=CC[C@H]1[C@H](c1ccccc1Br)N2. The summed E-state index contributed by atoms with van der Waals surface area (Å²) in [6, 6.07) is 11.3. The lowest BCUT2D eigenvalue weighted by Gasteiger charge is -2.38. The Morgan fingerprint density at radius 1 is 1.25 bits per heavy atom. The number of nitrogens with one attached hydrogen (secondary N) is 1. The highest BCUT2D eigenvalue weighted by molar-refractivity contribution is 9.10. The van der Waals surface area contributed by atoms with Crippen LogP contribution in [0.5, 0.6) is 0 Å². The van der Waals surface area contributed by atoms with E-state index in [9.17, 15) is 10.1 Å². The summed E-state index contributed by atoms with van der Waals surface area (Å²) in [7, 11) is 0. The van der Waals surface area contributed by atoms with Gasteiger partial charge in [-0.1, -0.05) is 57.9 Å². The Balaban J connectivity index is 1.85. The van der Waals surface area contributed by atoms with Crippen molar-refractivity contribution < 1.29 is 4.92 Å². The predicted molar refractivity (Wildman–Crippen MR) is 98.6 cm³/mol. The number of halogens is 2. The van der Waals surface area contributed by atoms with Gasteiger partial charge >= 0.3 is 0 Å². The minimum Gasteiger partial charge on any atom is -0.376 e. The van der Waals surface area contributed by atoms with Crippen molar-refractivity contribution in [1.82, 2.24) is 0 Å². The van der Waals surface area contributed by atoms with E-state index in [0.29, 0.717) is 10.9 Å². The maximum Gasteiger partial charge on any atom is 0.271 e. The number of hydrogen-bond donors (Lipinski definition) is 1. The molecule has 3 atom stereocenters. The highest BCUT2D eigenvalue weighted by Gasteiger charge is 2.40. The van der Waals surface area contributed by atoms with Crippen LogP contribution in [0.3, 0.4) is 0 Å². The molecular weight excluding hydrogens is 392 g/mol. The van der Waals surface area contributed by atoms with Crippen LogP contribution >= 0.6 is 27.5 Å². The van der Waals surface area contributed by atoms with Crippen molar-refractivity contribution in [1.29, 1.82) is 0 Å². The molecule has 1 N–H and O–H groups in total. The lowest BCUT2D eigenvalue weighted by Crippen LogP contribution is -2.29. The molecule has 4 rings (SSSR count). The van der Waals surface area contributed by atoms with Gasteiger partial charge in [0.25, 0.3) is 5.69 Å². The smallest absolute Gasteiger partial charge is 0.271 e. The quantitative estimate of drug-likeness (QED) is 0.388. The number of rotatable bonds is 2. The lowest BCUT2D eigenvalue weighted by atomic mass is 9.77. The Kier molecular flexibility index (Phi) is 3.85. The van der Waals surface area contributed by atoms with Gasteiger partial charge < -0.3 is 5.32 Å². The average Bonchev–Trinajstić information content (AvgIpc) is 3.05. The fraction of sp³-hybridized carbons (Fsp3) is 0.222. The van der Waals surface area contributed by atoms with Crippen molar-refractivity contribution in [2.75, 3.05) is 5.32 Å². The highest BCUT2D eigenvalue weighted by atomic mass is 79.9. The zero-order chi connectivity index (χ0) is 16.8. The van der Waals surface area contributed by atoms with Crippen molar-refractivity contribution in [2.24, 2.45) is 5.92 Å². The molecule has 0 bridgehead atoms. The number of non-ortho nitro benzene ring substituents is 1. The van der Waals surface area contributed by atoms with E-state index in [2.05, 4.69) is 39.5 Å². The van der Waals surface area contributed by atoms with Gasteiger partial charge in [0.2, 0.25) is 0 Å². The number of allylic oxidation sites excluding steroid dienone is 2. The van der Waals surface area contributed by atoms with Crippen molar-refractivity contribution >= 4 is 38.9 Å². The van der Waals surface area contributed by atoms with E-state index in [1.807, 2.05) is 18.2 Å². The van der Waals surface area contributed by atoms with Crippen LogP contribution in [-0.2, 0) is 0 Å². The summed E-state index contributed by atoms with van der Waals surface area (Å²) in [6.07, 6.45) is 5.24. The van der Waals surface area contributed by atoms with Crippen molar-refractivity contribution in [2.45, 2.75) is 18.4 Å². The molecule has 24 heavy (non-hydrogen) atoms. The van der Waals surface area contributed by atoms with Gasteiger partial charge in [0.1, 0.15) is 0 Å². The zero-order valence-corrected chi connectivity index (χ0v) is 14.9. The third-order valence-electron chi connectivity index (χ3n) is 4.86. The number of anilines is 1. The van der Waals surface area contributed by atoms with Crippen molar-refractivity contribution in [3.8, 4) is 0 Å². The number of benzene rings is 2. The van der Waals surface area contributed by atoms with Crippen molar-refractivity contribution in [3.63, 3.8) is 0 Å². The summed E-state index contributed by atoms with van der Waals surface area (Å²) < 4.78 is 1.05. The van der Waals surface area contributed by atoms with Gasteiger partial charge in [-0.25, -0.2) is 0 Å². The second kappa shape index (κ2) is 5.90. The van der Waals surface area contributed by atoms with Gasteiger partial charge in [-0.15, -0.1) is 0 Å². The van der Waals surface area contributed by atoms with Crippen LogP contribution in [-0.4, -0.2) is 4.92 Å². The van der Waals surface area contributed by atoms with Gasteiger partial charge in [-0.05, 0) is 29.5 Å². The van der Waals surface area contributed by atoms with Crippen LogP contribution in [0.2, 0.25) is 5.02 Å². The summed E-state index contributed by atoms with van der Waals surface area (Å²) in [5.74, 6) is 0.449. The molecule has 1 aliphatic heterocycles. The standard InChI is InChI=1S/C18H14BrClN2O2/c19-15-7-2-1-4-13(15)17-12-6-3-5-11(12)14-8-10(22(23)24)9-16(20)18(14)21-17/h1-5,7-9,11-12,17,21H,6H2/t11-,12-,17-/m1/s1. The van der Waals surface area contributed by atoms with Gasteiger partial charge in [-0.3, -0.25) is 10.1 Å². The molecule has 1 aliphatic carbocycles. The molecule has 0 saturated heterocycles. The van der Waals surface area contributed by atoms with Crippen LogP contribution in [0, 0.1) is 16.0 Å². The van der Waals surface area contributed by atoms with Crippen molar-refractivity contribution in [3.05, 3.63) is 79.3 Å². The van der Waals surface area contributed by atoms with Crippen LogP contribution < -0.4 is 5.32 Å². The Bertz CT molecular complexity index is 868. The lowest BCUT2D eigenvalue weighted by molar-refractivity contribution is -0.384. The molecular formula is C18H14BrClN2O2. The first kappa shape index (κ1) is 15.7. The largest absolute Gasteiger partial charge is 0.376 e. The first-order chi connectivity index (χ1) is 11.6. The summed E-state index contributed by atoms with van der Waals surface area (Å²) >= 11 is 10.0. The molecule has 0 radical (unpaired) electrons. The molecule has 0 unspecified atom stereocenters. The average molecular weight is 406 g/mol. The Morgan fingerprint density at radius 3 is 2.79 bits per heavy atom. The van der Waals surface area contributed by atoms with E-state index in [4.69, 9.17) is 11.6 Å². The summed E-state index contributed by atoms with van der Waals surface area (Å²) in [4.78, 5) is 10.8. The third kappa shape index (κ3) is 2.43. The van der Waals surface area contributed by atoms with E-state index in [1.54, 1.807) is 6.07 Å². The van der Waals surface area contributed by atoms with E-state index in [-0.39, 0.29) is 22.6 Å². The monoisotopic (exact) mass is 404 g/mol. The molecule has 2 aliphatic rings. The summed E-state index contributed by atoms with van der Waals surface area (Å²) in [6.45, 7) is 0. The number of hydrogen-bond acceptors (Lipinski definition) is 3. The van der Waals surface area contributed by atoms with Crippen LogP contribution in [0.25, 0.3) is 0 Å². The minimum atomic E-state index is -0.389. The number of nitro groups is 1. The Morgan fingerprint density at radius 2 is 2.04 bits per heavy atom. The zero-order valence-electron chi connectivity index (χ0n) is 12.6.